The third-order valence-electron chi connectivity index (χ3n) is 7.02. The second-order valence-corrected chi connectivity index (χ2v) is 12.8. The zero-order valence-corrected chi connectivity index (χ0v) is 27.5. The van der Waals surface area contributed by atoms with Crippen LogP contribution in [-0.2, 0) is 43.3 Å². The minimum absolute atomic E-state index is 0.0373. The lowest BCUT2D eigenvalue weighted by molar-refractivity contribution is -0.149. The molecule has 0 spiro atoms. The molecule has 0 heterocycles. The van der Waals surface area contributed by atoms with Gasteiger partial charge in [0, 0.05) is 6.42 Å². The lowest BCUT2D eigenvalue weighted by atomic mass is 10.00. The number of carbonyl (C=O) groups excluding carboxylic acids is 4. The van der Waals surface area contributed by atoms with Crippen molar-refractivity contribution in [2.45, 2.75) is 90.6 Å². The van der Waals surface area contributed by atoms with Gasteiger partial charge in [0.2, 0.25) is 11.8 Å². The summed E-state index contributed by atoms with van der Waals surface area (Å²) in [5.41, 5.74) is 1.91. The molecule has 46 heavy (non-hydrogen) atoms. The zero-order valence-electron chi connectivity index (χ0n) is 27.5. The van der Waals surface area contributed by atoms with Gasteiger partial charge in [-0.15, -0.1) is 0 Å². The number of carbonyl (C=O) groups is 4. The molecule has 0 unspecified atom stereocenters. The molecule has 0 bridgehead atoms. The molecule has 9 nitrogen and oxygen atoms in total. The largest absolute Gasteiger partial charge is 0.459 e. The fraction of sp³-hybridized carbons (Fsp3) is 0.405. The van der Waals surface area contributed by atoms with Gasteiger partial charge in [0.25, 0.3) is 0 Å². The molecule has 0 fully saturated rings. The number of esters is 1. The smallest absolute Gasteiger partial charge is 0.408 e. The molecule has 0 saturated heterocycles. The summed E-state index contributed by atoms with van der Waals surface area (Å²) in [6, 6.07) is 25.3. The SMILES string of the molecule is CC(C)C[C@@H](NC(=O)[C@H](CCc1ccccc1)NC(=O)OC(C)(C)C)C(=O)N[C@H](Cc1ccccc1)C(=O)OCc1ccccc1. The minimum Gasteiger partial charge on any atom is -0.459 e. The first-order valence-corrected chi connectivity index (χ1v) is 15.8. The van der Waals surface area contributed by atoms with Crippen molar-refractivity contribution in [1.29, 1.82) is 0 Å². The van der Waals surface area contributed by atoms with Gasteiger partial charge in [-0.1, -0.05) is 105 Å². The number of alkyl carbamates (subject to hydrolysis) is 1. The van der Waals surface area contributed by atoms with Crippen LogP contribution in [0.15, 0.2) is 91.0 Å². The Morgan fingerprint density at radius 3 is 1.70 bits per heavy atom. The molecule has 0 saturated carbocycles. The highest BCUT2D eigenvalue weighted by atomic mass is 16.6. The van der Waals surface area contributed by atoms with Crippen molar-refractivity contribution >= 4 is 23.9 Å². The predicted octanol–water partition coefficient (Wildman–Crippen LogP) is 5.51. The molecule has 0 aliphatic heterocycles. The number of ether oxygens (including phenoxy) is 2. The molecule has 3 rings (SSSR count). The van der Waals surface area contributed by atoms with E-state index >= 15 is 0 Å². The molecular formula is C37H47N3O6. The van der Waals surface area contributed by atoms with Gasteiger partial charge in [-0.05, 0) is 62.6 Å². The maximum Gasteiger partial charge on any atom is 0.408 e. The minimum atomic E-state index is -0.987. The highest BCUT2D eigenvalue weighted by Crippen LogP contribution is 2.13. The molecule has 3 aromatic carbocycles. The van der Waals surface area contributed by atoms with Crippen LogP contribution in [-0.4, -0.2) is 47.6 Å². The monoisotopic (exact) mass is 629 g/mol. The topological polar surface area (TPSA) is 123 Å². The van der Waals surface area contributed by atoms with Crippen LogP contribution in [0.25, 0.3) is 0 Å². The maximum atomic E-state index is 13.8. The molecule has 246 valence electrons. The Labute approximate surface area is 272 Å². The number of rotatable bonds is 15. The highest BCUT2D eigenvalue weighted by Gasteiger charge is 2.31. The summed E-state index contributed by atoms with van der Waals surface area (Å²) < 4.78 is 11.0. The van der Waals surface area contributed by atoms with E-state index < -0.39 is 47.6 Å². The first kappa shape index (κ1) is 35.8. The van der Waals surface area contributed by atoms with Crippen LogP contribution in [0.4, 0.5) is 4.79 Å². The summed E-state index contributed by atoms with van der Waals surface area (Å²) in [4.78, 5) is 53.4. The Hall–Kier alpha value is -4.66. The third kappa shape index (κ3) is 13.1. The van der Waals surface area contributed by atoms with Crippen LogP contribution >= 0.6 is 0 Å². The average Bonchev–Trinajstić information content (AvgIpc) is 3.01. The lowest BCUT2D eigenvalue weighted by Gasteiger charge is -2.27. The number of benzene rings is 3. The van der Waals surface area contributed by atoms with Crippen molar-refractivity contribution in [3.63, 3.8) is 0 Å². The van der Waals surface area contributed by atoms with E-state index in [1.807, 2.05) is 105 Å². The summed E-state index contributed by atoms with van der Waals surface area (Å²) in [6.45, 7) is 9.16. The Morgan fingerprint density at radius 2 is 1.15 bits per heavy atom. The first-order chi connectivity index (χ1) is 21.9. The number of nitrogens with one attached hydrogen (secondary N) is 3. The normalized spacial score (nSPS) is 13.2. The van der Waals surface area contributed by atoms with E-state index in [1.165, 1.54) is 0 Å². The number of aryl methyl sites for hydroxylation is 1. The van der Waals surface area contributed by atoms with E-state index in [2.05, 4.69) is 16.0 Å². The molecule has 3 amide bonds. The second-order valence-electron chi connectivity index (χ2n) is 12.8. The Balaban J connectivity index is 1.77. The number of hydrogen-bond acceptors (Lipinski definition) is 6. The Kier molecular flexibility index (Phi) is 13.8. The van der Waals surface area contributed by atoms with Gasteiger partial charge in [0.1, 0.15) is 30.3 Å². The molecule has 0 aliphatic carbocycles. The molecular weight excluding hydrogens is 582 g/mol. The second kappa shape index (κ2) is 17.7. The summed E-state index contributed by atoms with van der Waals surface area (Å²) in [6.07, 6.45) is 0.597. The van der Waals surface area contributed by atoms with Crippen LogP contribution in [0, 0.1) is 5.92 Å². The summed E-state index contributed by atoms with van der Waals surface area (Å²) in [7, 11) is 0. The average molecular weight is 630 g/mol. The van der Waals surface area contributed by atoms with Crippen LogP contribution in [0.5, 0.6) is 0 Å². The molecule has 0 radical (unpaired) electrons. The molecule has 3 atom stereocenters. The Bertz CT molecular complexity index is 1390. The molecule has 3 aromatic rings. The quantitative estimate of drug-likeness (QED) is 0.191. The van der Waals surface area contributed by atoms with Gasteiger partial charge >= 0.3 is 12.1 Å². The molecule has 9 heteroatoms. The number of amides is 3. The van der Waals surface area contributed by atoms with Crippen LogP contribution in [0.3, 0.4) is 0 Å². The van der Waals surface area contributed by atoms with Crippen LogP contribution in [0.2, 0.25) is 0 Å². The van der Waals surface area contributed by atoms with E-state index in [1.54, 1.807) is 20.8 Å². The number of hydrogen-bond donors (Lipinski definition) is 3. The van der Waals surface area contributed by atoms with Gasteiger partial charge in [-0.3, -0.25) is 9.59 Å². The molecule has 0 aliphatic rings. The van der Waals surface area contributed by atoms with E-state index in [0.717, 1.165) is 16.7 Å². The van der Waals surface area contributed by atoms with Crippen molar-refractivity contribution in [2.24, 2.45) is 5.92 Å². The van der Waals surface area contributed by atoms with E-state index in [9.17, 15) is 19.2 Å². The summed E-state index contributed by atoms with van der Waals surface area (Å²) in [5.74, 6) is -1.58. The molecule has 3 N–H and O–H groups in total. The van der Waals surface area contributed by atoms with Gasteiger partial charge in [0.05, 0.1) is 0 Å². The lowest BCUT2D eigenvalue weighted by Crippen LogP contribution is -2.56. The highest BCUT2D eigenvalue weighted by molar-refractivity contribution is 5.93. The van der Waals surface area contributed by atoms with Crippen molar-refractivity contribution < 1.29 is 28.7 Å². The van der Waals surface area contributed by atoms with E-state index in [0.29, 0.717) is 12.8 Å². The zero-order chi connectivity index (χ0) is 33.5. The van der Waals surface area contributed by atoms with Crippen molar-refractivity contribution in [3.05, 3.63) is 108 Å². The fourth-order valence-corrected chi connectivity index (χ4v) is 4.79. The first-order valence-electron chi connectivity index (χ1n) is 15.8. The van der Waals surface area contributed by atoms with Gasteiger partial charge in [0.15, 0.2) is 0 Å². The standard InChI is InChI=1S/C37H47N3O6/c1-26(2)23-31(38-33(41)30(40-36(44)46-37(3,4)5)22-21-27-15-9-6-10-16-27)34(42)39-32(24-28-17-11-7-12-18-28)35(43)45-25-29-19-13-8-14-20-29/h6-20,26,30-32H,21-25H2,1-5H3,(H,38,41)(H,39,42)(H,40,44)/t30-,31+,32+/m0/s1. The summed E-state index contributed by atoms with van der Waals surface area (Å²) >= 11 is 0. The van der Waals surface area contributed by atoms with Crippen LogP contribution < -0.4 is 16.0 Å². The van der Waals surface area contributed by atoms with E-state index in [-0.39, 0.29) is 25.4 Å². The fourth-order valence-electron chi connectivity index (χ4n) is 4.79. The van der Waals surface area contributed by atoms with Crippen molar-refractivity contribution in [1.82, 2.24) is 16.0 Å². The van der Waals surface area contributed by atoms with Gasteiger partial charge < -0.3 is 25.4 Å². The predicted molar refractivity (Wildman–Crippen MR) is 178 cm³/mol. The van der Waals surface area contributed by atoms with Crippen molar-refractivity contribution in [2.75, 3.05) is 0 Å². The summed E-state index contributed by atoms with van der Waals surface area (Å²) in [5, 5.41) is 8.37. The third-order valence-corrected chi connectivity index (χ3v) is 7.02. The Morgan fingerprint density at radius 1 is 0.652 bits per heavy atom. The van der Waals surface area contributed by atoms with Gasteiger partial charge in [-0.25, -0.2) is 9.59 Å². The van der Waals surface area contributed by atoms with Crippen molar-refractivity contribution in [3.8, 4) is 0 Å². The van der Waals surface area contributed by atoms with Crippen LogP contribution in [0.1, 0.15) is 64.2 Å². The van der Waals surface area contributed by atoms with Gasteiger partial charge in [-0.2, -0.15) is 0 Å². The maximum absolute atomic E-state index is 13.8. The van der Waals surface area contributed by atoms with E-state index in [4.69, 9.17) is 9.47 Å². The molecule has 0 aromatic heterocycles.